The van der Waals surface area contributed by atoms with E-state index >= 15 is 0 Å². The molecule has 0 aromatic heterocycles. The highest BCUT2D eigenvalue weighted by Crippen LogP contribution is 2.20. The number of para-hydroxylation sites is 1. The molecule has 25 heavy (non-hydrogen) atoms. The van der Waals surface area contributed by atoms with Crippen molar-refractivity contribution in [2.45, 2.75) is 45.9 Å². The standard InChI is InChI=1S/C22H30N2O/c1-3-24-14-6-8-21(24)16-23-15-20-7-4-5-9-22(20)25-17-19-12-10-18(2)11-13-19/h4-5,7,9-13,21,23H,3,6,8,14-17H2,1-2H3/t21-/m1/s1. The van der Waals surface area contributed by atoms with E-state index in [2.05, 4.69) is 66.5 Å². The lowest BCUT2D eigenvalue weighted by atomic mass is 10.1. The Hall–Kier alpha value is -1.84. The molecule has 1 fully saturated rings. The van der Waals surface area contributed by atoms with Crippen LogP contribution in [0, 0.1) is 6.92 Å². The van der Waals surface area contributed by atoms with Gasteiger partial charge in [0.15, 0.2) is 0 Å². The molecule has 1 N–H and O–H groups in total. The number of nitrogens with zero attached hydrogens (tertiary/aromatic N) is 1. The summed E-state index contributed by atoms with van der Waals surface area (Å²) in [5.41, 5.74) is 3.72. The number of likely N-dealkylation sites (N-methyl/N-ethyl adjacent to an activating group) is 1. The molecule has 0 unspecified atom stereocenters. The molecular formula is C22H30N2O. The summed E-state index contributed by atoms with van der Waals surface area (Å²) in [4.78, 5) is 2.58. The normalized spacial score (nSPS) is 17.8. The molecule has 0 saturated carbocycles. The highest BCUT2D eigenvalue weighted by atomic mass is 16.5. The van der Waals surface area contributed by atoms with Crippen LogP contribution < -0.4 is 10.1 Å². The largest absolute Gasteiger partial charge is 0.489 e. The van der Waals surface area contributed by atoms with Crippen molar-refractivity contribution in [3.63, 3.8) is 0 Å². The average molecular weight is 338 g/mol. The maximum Gasteiger partial charge on any atom is 0.124 e. The van der Waals surface area contributed by atoms with Crippen LogP contribution in [0.3, 0.4) is 0 Å². The molecule has 3 nitrogen and oxygen atoms in total. The first kappa shape index (κ1) is 18.0. The molecule has 0 aliphatic carbocycles. The summed E-state index contributed by atoms with van der Waals surface area (Å²) in [5, 5.41) is 3.63. The summed E-state index contributed by atoms with van der Waals surface area (Å²) in [6.07, 6.45) is 2.64. The van der Waals surface area contributed by atoms with Crippen molar-refractivity contribution in [2.75, 3.05) is 19.6 Å². The van der Waals surface area contributed by atoms with Gasteiger partial charge < -0.3 is 10.1 Å². The Balaban J connectivity index is 1.52. The first-order valence-electron chi connectivity index (χ1n) is 9.47. The molecule has 0 amide bonds. The summed E-state index contributed by atoms with van der Waals surface area (Å²) in [6, 6.07) is 17.6. The highest BCUT2D eigenvalue weighted by molar-refractivity contribution is 5.33. The number of rotatable bonds is 8. The Labute approximate surface area is 152 Å². The minimum Gasteiger partial charge on any atom is -0.489 e. The zero-order valence-electron chi connectivity index (χ0n) is 15.5. The second kappa shape index (κ2) is 9.02. The second-order valence-corrected chi connectivity index (χ2v) is 6.94. The topological polar surface area (TPSA) is 24.5 Å². The van der Waals surface area contributed by atoms with Crippen molar-refractivity contribution in [3.8, 4) is 5.75 Å². The molecule has 0 radical (unpaired) electrons. The predicted molar refractivity (Wildman–Crippen MR) is 104 cm³/mol. The first-order valence-corrected chi connectivity index (χ1v) is 9.47. The van der Waals surface area contributed by atoms with Gasteiger partial charge in [-0.05, 0) is 44.5 Å². The Kier molecular flexibility index (Phi) is 6.48. The van der Waals surface area contributed by atoms with E-state index in [1.807, 2.05) is 6.07 Å². The van der Waals surface area contributed by atoms with Crippen LogP contribution in [0.5, 0.6) is 5.75 Å². The van der Waals surface area contributed by atoms with Crippen LogP contribution in [0.1, 0.15) is 36.5 Å². The number of hydrogen-bond donors (Lipinski definition) is 1. The third-order valence-corrected chi connectivity index (χ3v) is 5.09. The predicted octanol–water partition coefficient (Wildman–Crippen LogP) is 4.15. The summed E-state index contributed by atoms with van der Waals surface area (Å²) in [5.74, 6) is 0.981. The van der Waals surface area contributed by atoms with Gasteiger partial charge in [-0.3, -0.25) is 4.90 Å². The smallest absolute Gasteiger partial charge is 0.124 e. The molecule has 2 aromatic carbocycles. The highest BCUT2D eigenvalue weighted by Gasteiger charge is 2.22. The van der Waals surface area contributed by atoms with Crippen molar-refractivity contribution in [2.24, 2.45) is 0 Å². The van der Waals surface area contributed by atoms with E-state index < -0.39 is 0 Å². The number of likely N-dealkylation sites (tertiary alicyclic amines) is 1. The van der Waals surface area contributed by atoms with Crippen LogP contribution in [-0.2, 0) is 13.2 Å². The van der Waals surface area contributed by atoms with Gasteiger partial charge in [-0.1, -0.05) is 55.0 Å². The van der Waals surface area contributed by atoms with Gasteiger partial charge in [0.25, 0.3) is 0 Å². The van der Waals surface area contributed by atoms with Crippen LogP contribution in [0.2, 0.25) is 0 Å². The second-order valence-electron chi connectivity index (χ2n) is 6.94. The molecule has 3 rings (SSSR count). The van der Waals surface area contributed by atoms with Crippen molar-refractivity contribution in [3.05, 3.63) is 65.2 Å². The fourth-order valence-electron chi connectivity index (χ4n) is 3.55. The number of benzene rings is 2. The number of ether oxygens (including phenoxy) is 1. The molecule has 1 aliphatic heterocycles. The van der Waals surface area contributed by atoms with E-state index in [1.54, 1.807) is 0 Å². The number of aryl methyl sites for hydroxylation is 1. The molecule has 134 valence electrons. The molecule has 1 saturated heterocycles. The summed E-state index contributed by atoms with van der Waals surface area (Å²) in [7, 11) is 0. The van der Waals surface area contributed by atoms with Crippen LogP contribution >= 0.6 is 0 Å². The lowest BCUT2D eigenvalue weighted by Gasteiger charge is -2.23. The lowest BCUT2D eigenvalue weighted by Crippen LogP contribution is -2.37. The van der Waals surface area contributed by atoms with E-state index in [0.717, 1.165) is 25.4 Å². The molecule has 3 heteroatoms. The third kappa shape index (κ3) is 5.07. The average Bonchev–Trinajstić information content (AvgIpc) is 3.10. The van der Waals surface area contributed by atoms with Crippen LogP contribution in [-0.4, -0.2) is 30.6 Å². The zero-order valence-corrected chi connectivity index (χ0v) is 15.5. The fourth-order valence-corrected chi connectivity index (χ4v) is 3.55. The molecule has 1 atom stereocenters. The summed E-state index contributed by atoms with van der Waals surface area (Å²) in [6.45, 7) is 9.30. The number of hydrogen-bond acceptors (Lipinski definition) is 3. The van der Waals surface area contributed by atoms with E-state index in [-0.39, 0.29) is 0 Å². The molecule has 2 aromatic rings. The van der Waals surface area contributed by atoms with Crippen molar-refractivity contribution in [1.29, 1.82) is 0 Å². The monoisotopic (exact) mass is 338 g/mol. The van der Waals surface area contributed by atoms with Crippen molar-refractivity contribution >= 4 is 0 Å². The SMILES string of the molecule is CCN1CCC[C@@H]1CNCc1ccccc1OCc1ccc(C)cc1. The van der Waals surface area contributed by atoms with Gasteiger partial charge in [-0.15, -0.1) is 0 Å². The summed E-state index contributed by atoms with van der Waals surface area (Å²) >= 11 is 0. The molecule has 0 spiro atoms. The van der Waals surface area contributed by atoms with E-state index in [0.29, 0.717) is 12.6 Å². The van der Waals surface area contributed by atoms with Gasteiger partial charge in [0, 0.05) is 24.7 Å². The first-order chi connectivity index (χ1) is 12.3. The third-order valence-electron chi connectivity index (χ3n) is 5.09. The minimum absolute atomic E-state index is 0.615. The van der Waals surface area contributed by atoms with Gasteiger partial charge >= 0.3 is 0 Å². The van der Waals surface area contributed by atoms with Gasteiger partial charge in [0.2, 0.25) is 0 Å². The van der Waals surface area contributed by atoms with Crippen molar-refractivity contribution < 1.29 is 4.74 Å². The Morgan fingerprint density at radius 3 is 2.72 bits per heavy atom. The van der Waals surface area contributed by atoms with Crippen molar-refractivity contribution in [1.82, 2.24) is 10.2 Å². The molecule has 1 heterocycles. The van der Waals surface area contributed by atoms with Crippen LogP contribution in [0.4, 0.5) is 0 Å². The summed E-state index contributed by atoms with van der Waals surface area (Å²) < 4.78 is 6.08. The van der Waals surface area contributed by atoms with Gasteiger partial charge in [0.1, 0.15) is 12.4 Å². The Morgan fingerprint density at radius 2 is 1.92 bits per heavy atom. The maximum atomic E-state index is 6.08. The maximum absolute atomic E-state index is 6.08. The van der Waals surface area contributed by atoms with Crippen LogP contribution in [0.15, 0.2) is 48.5 Å². The lowest BCUT2D eigenvalue weighted by molar-refractivity contribution is 0.259. The molecular weight excluding hydrogens is 308 g/mol. The molecule has 0 bridgehead atoms. The zero-order chi connectivity index (χ0) is 17.5. The van der Waals surface area contributed by atoms with Gasteiger partial charge in [0.05, 0.1) is 0 Å². The van der Waals surface area contributed by atoms with E-state index in [9.17, 15) is 0 Å². The minimum atomic E-state index is 0.615. The van der Waals surface area contributed by atoms with E-state index in [1.165, 1.54) is 36.1 Å². The molecule has 1 aliphatic rings. The quantitative estimate of drug-likeness (QED) is 0.782. The Bertz CT molecular complexity index is 653. The Morgan fingerprint density at radius 1 is 1.12 bits per heavy atom. The number of nitrogens with one attached hydrogen (secondary N) is 1. The van der Waals surface area contributed by atoms with Gasteiger partial charge in [-0.2, -0.15) is 0 Å². The van der Waals surface area contributed by atoms with E-state index in [4.69, 9.17) is 4.74 Å². The van der Waals surface area contributed by atoms with Crippen LogP contribution in [0.25, 0.3) is 0 Å². The van der Waals surface area contributed by atoms with Gasteiger partial charge in [-0.25, -0.2) is 0 Å². The fraction of sp³-hybridized carbons (Fsp3) is 0.455.